The molecule has 1 unspecified atom stereocenters. The molecule has 1 N–H and O–H groups in total. The Morgan fingerprint density at radius 3 is 2.88 bits per heavy atom. The van der Waals surface area contributed by atoms with Crippen molar-refractivity contribution in [3.8, 4) is 0 Å². The van der Waals surface area contributed by atoms with Gasteiger partial charge in [-0.15, -0.1) is 11.6 Å². The fraction of sp³-hybridized carbons (Fsp3) is 0.231. The minimum atomic E-state index is -0.830. The number of benzene rings is 1. The molecule has 1 atom stereocenters. The summed E-state index contributed by atoms with van der Waals surface area (Å²) in [4.78, 5) is 14.8. The summed E-state index contributed by atoms with van der Waals surface area (Å²) < 4.78 is 0. The van der Waals surface area contributed by atoms with E-state index in [0.29, 0.717) is 6.42 Å². The molecule has 88 valence electrons. The Balaban J connectivity index is 2.31. The molecule has 0 fully saturated rings. The van der Waals surface area contributed by atoms with Crippen molar-refractivity contribution < 1.29 is 9.90 Å². The first-order chi connectivity index (χ1) is 8.18. The molecule has 0 aliphatic rings. The quantitative estimate of drug-likeness (QED) is 0.845. The Morgan fingerprint density at radius 1 is 1.35 bits per heavy atom. The summed E-state index contributed by atoms with van der Waals surface area (Å²) in [6, 6.07) is 9.61. The number of aliphatic carboxylic acids is 1. The second-order valence-electron chi connectivity index (χ2n) is 3.82. The first-order valence-corrected chi connectivity index (χ1v) is 5.81. The van der Waals surface area contributed by atoms with E-state index in [9.17, 15) is 4.79 Å². The standard InChI is InChI=1S/C13H12ClNO2/c14-11(6-7-12(16)17)10-5-1-3-9-4-2-8-15-13(9)10/h1-5,8,11H,6-7H2,(H,16,17). The van der Waals surface area contributed by atoms with Crippen LogP contribution < -0.4 is 0 Å². The summed E-state index contributed by atoms with van der Waals surface area (Å²) in [5.41, 5.74) is 1.74. The van der Waals surface area contributed by atoms with Crippen LogP contribution in [0.5, 0.6) is 0 Å². The summed E-state index contributed by atoms with van der Waals surface area (Å²) in [7, 11) is 0. The number of halogens is 1. The van der Waals surface area contributed by atoms with Crippen molar-refractivity contribution in [2.75, 3.05) is 0 Å². The third-order valence-electron chi connectivity index (χ3n) is 2.61. The van der Waals surface area contributed by atoms with Crippen LogP contribution in [0.25, 0.3) is 10.9 Å². The molecule has 1 aromatic heterocycles. The summed E-state index contributed by atoms with van der Waals surface area (Å²) in [6.07, 6.45) is 2.19. The average molecular weight is 250 g/mol. The van der Waals surface area contributed by atoms with E-state index in [1.807, 2.05) is 30.3 Å². The summed E-state index contributed by atoms with van der Waals surface area (Å²) in [6.45, 7) is 0. The first kappa shape index (κ1) is 11.9. The molecular formula is C13H12ClNO2. The van der Waals surface area contributed by atoms with Gasteiger partial charge in [0.1, 0.15) is 0 Å². The Kier molecular flexibility index (Phi) is 3.59. The first-order valence-electron chi connectivity index (χ1n) is 5.38. The number of rotatable bonds is 4. The highest BCUT2D eigenvalue weighted by Gasteiger charge is 2.13. The zero-order valence-corrected chi connectivity index (χ0v) is 9.89. The van der Waals surface area contributed by atoms with Crippen molar-refractivity contribution >= 4 is 28.5 Å². The number of carboxylic acids is 1. The molecule has 0 saturated heterocycles. The Bertz CT molecular complexity index is 536. The summed E-state index contributed by atoms with van der Waals surface area (Å²) >= 11 is 6.23. The van der Waals surface area contributed by atoms with Gasteiger partial charge in [0.15, 0.2) is 0 Å². The number of carboxylic acid groups (broad SMARTS) is 1. The van der Waals surface area contributed by atoms with Gasteiger partial charge in [0.25, 0.3) is 0 Å². The SMILES string of the molecule is O=C(O)CCC(Cl)c1cccc2cccnc12. The normalized spacial score (nSPS) is 12.5. The number of carbonyl (C=O) groups is 1. The van der Waals surface area contributed by atoms with E-state index >= 15 is 0 Å². The molecule has 0 bridgehead atoms. The van der Waals surface area contributed by atoms with E-state index in [0.717, 1.165) is 16.5 Å². The predicted octanol–water partition coefficient (Wildman–Crippen LogP) is 3.38. The number of pyridine rings is 1. The lowest BCUT2D eigenvalue weighted by molar-refractivity contribution is -0.137. The Morgan fingerprint density at radius 2 is 2.12 bits per heavy atom. The van der Waals surface area contributed by atoms with Gasteiger partial charge in [-0.1, -0.05) is 24.3 Å². The highest BCUT2D eigenvalue weighted by atomic mass is 35.5. The molecule has 3 nitrogen and oxygen atoms in total. The summed E-state index contributed by atoms with van der Waals surface area (Å²) in [5, 5.41) is 9.35. The maximum atomic E-state index is 10.5. The van der Waals surface area contributed by atoms with Crippen molar-refractivity contribution in [3.63, 3.8) is 0 Å². The van der Waals surface area contributed by atoms with Gasteiger partial charge in [-0.25, -0.2) is 0 Å². The van der Waals surface area contributed by atoms with Crippen LogP contribution in [-0.2, 0) is 4.79 Å². The van der Waals surface area contributed by atoms with Gasteiger partial charge in [0.05, 0.1) is 10.9 Å². The molecule has 0 aliphatic heterocycles. The van der Waals surface area contributed by atoms with Gasteiger partial charge in [-0.05, 0) is 18.1 Å². The van der Waals surface area contributed by atoms with E-state index in [1.54, 1.807) is 6.20 Å². The molecule has 0 spiro atoms. The largest absolute Gasteiger partial charge is 0.481 e. The van der Waals surface area contributed by atoms with Crippen LogP contribution in [0.2, 0.25) is 0 Å². The van der Waals surface area contributed by atoms with Crippen molar-refractivity contribution in [1.82, 2.24) is 4.98 Å². The molecule has 0 aliphatic carbocycles. The van der Waals surface area contributed by atoms with Gasteiger partial charge in [0, 0.05) is 18.0 Å². The zero-order valence-electron chi connectivity index (χ0n) is 9.14. The Hall–Kier alpha value is -1.61. The van der Waals surface area contributed by atoms with Gasteiger partial charge in [0.2, 0.25) is 0 Å². The second kappa shape index (κ2) is 5.15. The number of para-hydroxylation sites is 1. The van der Waals surface area contributed by atoms with Crippen molar-refractivity contribution in [2.45, 2.75) is 18.2 Å². The topological polar surface area (TPSA) is 50.2 Å². The molecule has 17 heavy (non-hydrogen) atoms. The highest BCUT2D eigenvalue weighted by molar-refractivity contribution is 6.21. The number of hydrogen-bond donors (Lipinski definition) is 1. The predicted molar refractivity (Wildman–Crippen MR) is 67.2 cm³/mol. The lowest BCUT2D eigenvalue weighted by Gasteiger charge is -2.10. The number of aromatic nitrogens is 1. The van der Waals surface area contributed by atoms with E-state index < -0.39 is 5.97 Å². The molecule has 2 rings (SSSR count). The van der Waals surface area contributed by atoms with Crippen LogP contribution in [0.1, 0.15) is 23.8 Å². The maximum Gasteiger partial charge on any atom is 0.303 e. The summed E-state index contributed by atoms with van der Waals surface area (Å²) in [5.74, 6) is -0.830. The Labute approximate surface area is 104 Å². The van der Waals surface area contributed by atoms with Crippen molar-refractivity contribution in [2.24, 2.45) is 0 Å². The van der Waals surface area contributed by atoms with Crippen LogP contribution in [0, 0.1) is 0 Å². The lowest BCUT2D eigenvalue weighted by Crippen LogP contribution is -1.99. The van der Waals surface area contributed by atoms with Crippen molar-refractivity contribution in [3.05, 3.63) is 42.1 Å². The zero-order chi connectivity index (χ0) is 12.3. The van der Waals surface area contributed by atoms with Crippen LogP contribution in [-0.4, -0.2) is 16.1 Å². The molecular weight excluding hydrogens is 238 g/mol. The fourth-order valence-corrected chi connectivity index (χ4v) is 2.07. The number of hydrogen-bond acceptors (Lipinski definition) is 2. The number of nitrogens with zero attached hydrogens (tertiary/aromatic N) is 1. The van der Waals surface area contributed by atoms with E-state index in [4.69, 9.17) is 16.7 Å². The lowest BCUT2D eigenvalue weighted by atomic mass is 10.0. The molecule has 0 radical (unpaired) electrons. The smallest absolute Gasteiger partial charge is 0.303 e. The van der Waals surface area contributed by atoms with Gasteiger partial charge < -0.3 is 5.11 Å². The molecule has 1 aromatic carbocycles. The molecule has 0 amide bonds. The van der Waals surface area contributed by atoms with E-state index in [1.165, 1.54) is 0 Å². The van der Waals surface area contributed by atoms with Crippen LogP contribution >= 0.6 is 11.6 Å². The monoisotopic (exact) mass is 249 g/mol. The highest BCUT2D eigenvalue weighted by Crippen LogP contribution is 2.30. The van der Waals surface area contributed by atoms with Gasteiger partial charge in [-0.3, -0.25) is 9.78 Å². The van der Waals surface area contributed by atoms with Crippen molar-refractivity contribution in [1.29, 1.82) is 0 Å². The van der Waals surface area contributed by atoms with Gasteiger partial charge in [-0.2, -0.15) is 0 Å². The third kappa shape index (κ3) is 2.74. The fourth-order valence-electron chi connectivity index (χ4n) is 1.79. The average Bonchev–Trinajstić information content (AvgIpc) is 2.35. The van der Waals surface area contributed by atoms with Crippen LogP contribution in [0.15, 0.2) is 36.5 Å². The van der Waals surface area contributed by atoms with Crippen LogP contribution in [0.4, 0.5) is 0 Å². The van der Waals surface area contributed by atoms with Crippen LogP contribution in [0.3, 0.4) is 0 Å². The third-order valence-corrected chi connectivity index (χ3v) is 3.07. The molecule has 4 heteroatoms. The molecule has 0 saturated carbocycles. The van der Waals surface area contributed by atoms with Gasteiger partial charge >= 0.3 is 5.97 Å². The number of alkyl halides is 1. The second-order valence-corrected chi connectivity index (χ2v) is 4.35. The van der Waals surface area contributed by atoms with E-state index in [2.05, 4.69) is 4.98 Å². The molecule has 2 aromatic rings. The van der Waals surface area contributed by atoms with E-state index in [-0.39, 0.29) is 11.8 Å². The minimum Gasteiger partial charge on any atom is -0.481 e. The molecule has 1 heterocycles. The number of fused-ring (bicyclic) bond motifs is 1. The minimum absolute atomic E-state index is 0.0669. The maximum absolute atomic E-state index is 10.5.